The lowest BCUT2D eigenvalue weighted by atomic mass is 10.00. The summed E-state index contributed by atoms with van der Waals surface area (Å²) < 4.78 is 16.1. The number of nitrogen functional groups attached to an aromatic ring is 1. The average Bonchev–Trinajstić information content (AvgIpc) is 3.41. The van der Waals surface area contributed by atoms with Crippen LogP contribution in [0.1, 0.15) is 28.5 Å². The van der Waals surface area contributed by atoms with Crippen molar-refractivity contribution in [2.75, 3.05) is 12.3 Å². The van der Waals surface area contributed by atoms with Crippen LogP contribution in [-0.2, 0) is 17.9 Å². The van der Waals surface area contributed by atoms with E-state index in [-0.39, 0.29) is 13.2 Å². The molecular weight excluding hydrogens is 436 g/mol. The van der Waals surface area contributed by atoms with E-state index in [1.807, 2.05) is 65.2 Å². The number of ether oxygens (including phenoxy) is 1. The molecule has 2 aromatic heterocycles. The molecule has 0 spiro atoms. The zero-order chi connectivity index (χ0) is 22.9. The molecule has 0 unspecified atom stereocenters. The monoisotopic (exact) mass is 458 g/mol. The van der Waals surface area contributed by atoms with E-state index in [1.165, 1.54) is 11.7 Å². The Labute approximate surface area is 194 Å². The van der Waals surface area contributed by atoms with Gasteiger partial charge in [-0.05, 0) is 53.9 Å². The van der Waals surface area contributed by atoms with Crippen molar-refractivity contribution in [3.8, 4) is 11.1 Å². The Hall–Kier alpha value is -3.75. The summed E-state index contributed by atoms with van der Waals surface area (Å²) in [6.07, 6.45) is 0. The predicted octanol–water partition coefficient (Wildman–Crippen LogP) is 4.61. The first-order chi connectivity index (χ1) is 16.1. The predicted molar refractivity (Wildman–Crippen MR) is 130 cm³/mol. The van der Waals surface area contributed by atoms with E-state index in [0.717, 1.165) is 44.2 Å². The Morgan fingerprint density at radius 3 is 2.55 bits per heavy atom. The number of nitrogens with two attached hydrogens (primary N) is 1. The zero-order valence-corrected chi connectivity index (χ0v) is 18.8. The Morgan fingerprint density at radius 2 is 1.79 bits per heavy atom. The summed E-state index contributed by atoms with van der Waals surface area (Å²) in [6, 6.07) is 19.1. The summed E-state index contributed by atoms with van der Waals surface area (Å²) in [5, 5.41) is 10.3. The standard InChI is InChI=1S/C25H22N4O3S/c1-2-32-25(31)24-23(17-6-3-15(14-30)4-7-17)19-12-18(26)8-10-22(19)29(24)13-16-5-9-20-21(11-16)28-33-27-20/h3-12,30H,2,13-14,26H2,1H3. The van der Waals surface area contributed by atoms with Gasteiger partial charge in [-0.15, -0.1) is 0 Å². The maximum absolute atomic E-state index is 13.3. The summed E-state index contributed by atoms with van der Waals surface area (Å²) in [4.78, 5) is 13.3. The number of benzene rings is 3. The second-order valence-corrected chi connectivity index (χ2v) is 8.28. The van der Waals surface area contributed by atoms with Gasteiger partial charge in [0, 0.05) is 28.7 Å². The summed E-state index contributed by atoms with van der Waals surface area (Å²) in [6.45, 7) is 2.47. The fourth-order valence-electron chi connectivity index (χ4n) is 4.13. The number of esters is 1. The quantitative estimate of drug-likeness (QED) is 0.284. The Morgan fingerprint density at radius 1 is 1.03 bits per heavy atom. The molecule has 0 aliphatic rings. The van der Waals surface area contributed by atoms with E-state index < -0.39 is 5.97 Å². The van der Waals surface area contributed by atoms with Gasteiger partial charge in [0.25, 0.3) is 0 Å². The van der Waals surface area contributed by atoms with Gasteiger partial charge in [0.05, 0.1) is 24.9 Å². The van der Waals surface area contributed by atoms with Crippen LogP contribution in [0.3, 0.4) is 0 Å². The Balaban J connectivity index is 1.75. The first-order valence-electron chi connectivity index (χ1n) is 10.6. The van der Waals surface area contributed by atoms with Gasteiger partial charge in [0.2, 0.25) is 0 Å². The molecule has 3 N–H and O–H groups in total. The molecule has 7 nitrogen and oxygen atoms in total. The molecule has 0 aliphatic carbocycles. The van der Waals surface area contributed by atoms with Gasteiger partial charge in [-0.2, -0.15) is 8.75 Å². The molecule has 0 saturated carbocycles. The highest BCUT2D eigenvalue weighted by atomic mass is 32.1. The summed E-state index contributed by atoms with van der Waals surface area (Å²) in [5.74, 6) is -0.398. The van der Waals surface area contributed by atoms with Crippen molar-refractivity contribution in [3.63, 3.8) is 0 Å². The Bertz CT molecular complexity index is 1470. The maximum atomic E-state index is 13.3. The van der Waals surface area contributed by atoms with Gasteiger partial charge in [-0.1, -0.05) is 30.3 Å². The summed E-state index contributed by atoms with van der Waals surface area (Å²) in [5.41, 5.74) is 13.2. The normalized spacial score (nSPS) is 11.3. The number of aliphatic hydroxyl groups is 1. The minimum atomic E-state index is -0.398. The number of aromatic nitrogens is 3. The molecule has 2 heterocycles. The largest absolute Gasteiger partial charge is 0.461 e. The van der Waals surface area contributed by atoms with E-state index >= 15 is 0 Å². The van der Waals surface area contributed by atoms with Gasteiger partial charge >= 0.3 is 5.97 Å². The van der Waals surface area contributed by atoms with Crippen molar-refractivity contribution in [2.24, 2.45) is 0 Å². The SMILES string of the molecule is CCOC(=O)c1c(-c2ccc(CO)cc2)c2cc(N)ccc2n1Cc1ccc2nsnc2c1. The highest BCUT2D eigenvalue weighted by Crippen LogP contribution is 2.37. The zero-order valence-electron chi connectivity index (χ0n) is 18.0. The smallest absolute Gasteiger partial charge is 0.355 e. The third kappa shape index (κ3) is 3.83. The molecule has 8 heteroatoms. The molecule has 0 bridgehead atoms. The van der Waals surface area contributed by atoms with Crippen LogP contribution in [-0.4, -0.2) is 31.0 Å². The summed E-state index contributed by atoms with van der Waals surface area (Å²) in [7, 11) is 0. The first kappa shape index (κ1) is 21.1. The van der Waals surface area contributed by atoms with Crippen molar-refractivity contribution >= 4 is 45.3 Å². The minimum absolute atomic E-state index is 0.0479. The van der Waals surface area contributed by atoms with Crippen molar-refractivity contribution in [3.05, 3.63) is 77.5 Å². The molecule has 5 rings (SSSR count). The molecule has 3 aromatic carbocycles. The minimum Gasteiger partial charge on any atom is -0.461 e. The number of carbonyl (C=O) groups excluding carboxylic acids is 1. The molecule has 0 fully saturated rings. The van der Waals surface area contributed by atoms with Crippen LogP contribution in [0.25, 0.3) is 33.1 Å². The fourth-order valence-corrected chi connectivity index (χ4v) is 4.64. The van der Waals surface area contributed by atoms with E-state index in [4.69, 9.17) is 10.5 Å². The molecule has 0 atom stereocenters. The van der Waals surface area contributed by atoms with Crippen molar-refractivity contribution < 1.29 is 14.6 Å². The Kier molecular flexibility index (Phi) is 5.53. The van der Waals surface area contributed by atoms with E-state index in [1.54, 1.807) is 6.92 Å². The lowest BCUT2D eigenvalue weighted by Crippen LogP contribution is -2.14. The van der Waals surface area contributed by atoms with Gasteiger partial charge < -0.3 is 20.1 Å². The van der Waals surface area contributed by atoms with Crippen LogP contribution in [0.2, 0.25) is 0 Å². The maximum Gasteiger partial charge on any atom is 0.355 e. The molecule has 5 aromatic rings. The number of anilines is 1. The van der Waals surface area contributed by atoms with Crippen LogP contribution in [0.4, 0.5) is 5.69 Å². The van der Waals surface area contributed by atoms with Crippen LogP contribution >= 0.6 is 11.7 Å². The van der Waals surface area contributed by atoms with Crippen LogP contribution < -0.4 is 5.73 Å². The molecule has 0 amide bonds. The second kappa shape index (κ2) is 8.65. The fraction of sp³-hybridized carbons (Fsp3) is 0.160. The first-order valence-corrected chi connectivity index (χ1v) is 11.3. The van der Waals surface area contributed by atoms with Crippen LogP contribution in [0.5, 0.6) is 0 Å². The molecule has 33 heavy (non-hydrogen) atoms. The molecule has 0 radical (unpaired) electrons. The molecular formula is C25H22N4O3S. The van der Waals surface area contributed by atoms with Crippen LogP contribution in [0, 0.1) is 0 Å². The van der Waals surface area contributed by atoms with Crippen LogP contribution in [0.15, 0.2) is 60.7 Å². The average molecular weight is 459 g/mol. The number of carbonyl (C=O) groups is 1. The van der Waals surface area contributed by atoms with Gasteiger partial charge in [-0.25, -0.2) is 4.79 Å². The third-order valence-corrected chi connectivity index (χ3v) is 6.20. The third-order valence-electron chi connectivity index (χ3n) is 5.64. The molecule has 166 valence electrons. The lowest BCUT2D eigenvalue weighted by molar-refractivity contribution is 0.0516. The highest BCUT2D eigenvalue weighted by molar-refractivity contribution is 7.00. The van der Waals surface area contributed by atoms with Gasteiger partial charge in [0.15, 0.2) is 0 Å². The number of nitrogens with zero attached hydrogens (tertiary/aromatic N) is 3. The van der Waals surface area contributed by atoms with E-state index in [9.17, 15) is 9.90 Å². The van der Waals surface area contributed by atoms with E-state index in [2.05, 4.69) is 8.75 Å². The van der Waals surface area contributed by atoms with Crippen molar-refractivity contribution in [2.45, 2.75) is 20.1 Å². The van der Waals surface area contributed by atoms with E-state index in [0.29, 0.717) is 17.9 Å². The van der Waals surface area contributed by atoms with Gasteiger partial charge in [-0.3, -0.25) is 0 Å². The summed E-state index contributed by atoms with van der Waals surface area (Å²) >= 11 is 1.18. The van der Waals surface area contributed by atoms with Crippen molar-refractivity contribution in [1.29, 1.82) is 0 Å². The number of rotatable bonds is 6. The lowest BCUT2D eigenvalue weighted by Gasteiger charge is -2.12. The highest BCUT2D eigenvalue weighted by Gasteiger charge is 2.25. The van der Waals surface area contributed by atoms with Gasteiger partial charge in [0.1, 0.15) is 16.7 Å². The topological polar surface area (TPSA) is 103 Å². The molecule has 0 aliphatic heterocycles. The number of aliphatic hydroxyl groups excluding tert-OH is 1. The molecule has 0 saturated heterocycles. The number of fused-ring (bicyclic) bond motifs is 2. The number of hydrogen-bond acceptors (Lipinski definition) is 7. The van der Waals surface area contributed by atoms with Crippen molar-refractivity contribution in [1.82, 2.24) is 13.3 Å². The second-order valence-electron chi connectivity index (χ2n) is 7.75. The number of hydrogen-bond donors (Lipinski definition) is 2.